The summed E-state index contributed by atoms with van der Waals surface area (Å²) in [4.78, 5) is 0. The quantitative estimate of drug-likeness (QED) is 0.254. The topological polar surface area (TPSA) is 99.4 Å². The Morgan fingerprint density at radius 2 is 1.07 bits per heavy atom. The Balaban J connectivity index is 1.88. The number of hydrogen-bond acceptors (Lipinski definition) is 6. The van der Waals surface area contributed by atoms with Crippen molar-refractivity contribution >= 4 is 0 Å². The predicted octanol–water partition coefficient (Wildman–Crippen LogP) is 3.67. The third kappa shape index (κ3) is 11.7. The summed E-state index contributed by atoms with van der Waals surface area (Å²) in [7, 11) is 0. The summed E-state index contributed by atoms with van der Waals surface area (Å²) in [6.45, 7) is 2.27. The number of aliphatic hydroxyl groups is 4. The molecule has 5 atom stereocenters. The molecule has 0 aromatic heterocycles. The Morgan fingerprint density at radius 3 is 1.52 bits per heavy atom. The molecule has 6 heteroatoms. The first-order chi connectivity index (χ1) is 14.1. The molecule has 1 heterocycles. The van der Waals surface area contributed by atoms with Gasteiger partial charge in [-0.15, -0.1) is 0 Å². The van der Waals surface area contributed by atoms with Crippen molar-refractivity contribution in [1.29, 1.82) is 0 Å². The zero-order chi connectivity index (χ0) is 21.3. The molecule has 6 nitrogen and oxygen atoms in total. The van der Waals surface area contributed by atoms with E-state index in [4.69, 9.17) is 14.6 Å². The molecule has 0 amide bonds. The van der Waals surface area contributed by atoms with Crippen LogP contribution in [0.3, 0.4) is 0 Å². The van der Waals surface area contributed by atoms with E-state index in [0.29, 0.717) is 6.61 Å². The molecule has 0 spiro atoms. The highest BCUT2D eigenvalue weighted by atomic mass is 16.7. The van der Waals surface area contributed by atoms with Gasteiger partial charge in [0.1, 0.15) is 24.4 Å². The largest absolute Gasteiger partial charge is 0.394 e. The van der Waals surface area contributed by atoms with Gasteiger partial charge >= 0.3 is 0 Å². The van der Waals surface area contributed by atoms with Gasteiger partial charge in [-0.2, -0.15) is 0 Å². The summed E-state index contributed by atoms with van der Waals surface area (Å²) in [5.74, 6) is 0. The zero-order valence-electron chi connectivity index (χ0n) is 18.5. The van der Waals surface area contributed by atoms with Crippen molar-refractivity contribution in [3.8, 4) is 0 Å². The number of ether oxygens (including phenoxy) is 2. The minimum Gasteiger partial charge on any atom is -0.394 e. The summed E-state index contributed by atoms with van der Waals surface area (Å²) in [5.41, 5.74) is 0. The molecule has 1 aliphatic heterocycles. The maximum atomic E-state index is 9.91. The van der Waals surface area contributed by atoms with Gasteiger partial charge < -0.3 is 29.9 Å². The molecular formula is C23H46O6. The Labute approximate surface area is 177 Å². The van der Waals surface area contributed by atoms with Crippen LogP contribution in [0, 0.1) is 0 Å². The summed E-state index contributed by atoms with van der Waals surface area (Å²) in [5, 5.41) is 38.5. The van der Waals surface area contributed by atoms with Gasteiger partial charge in [0.2, 0.25) is 0 Å². The van der Waals surface area contributed by atoms with Gasteiger partial charge in [0, 0.05) is 6.61 Å². The third-order valence-corrected chi connectivity index (χ3v) is 5.88. The molecule has 0 aromatic carbocycles. The summed E-state index contributed by atoms with van der Waals surface area (Å²) in [6, 6.07) is 0. The van der Waals surface area contributed by atoms with Crippen LogP contribution in [0.25, 0.3) is 0 Å². The Bertz CT molecular complexity index is 365. The SMILES string of the molecule is CCCCCCCCCCCCCCCCCO[C@H]1O[C@H](CO)[C@H](O)[C@H](O)[C@H]1O. The van der Waals surface area contributed by atoms with Crippen molar-refractivity contribution in [2.24, 2.45) is 0 Å². The van der Waals surface area contributed by atoms with Crippen LogP contribution < -0.4 is 0 Å². The summed E-state index contributed by atoms with van der Waals surface area (Å²) >= 11 is 0. The molecule has 1 aliphatic rings. The molecule has 0 aliphatic carbocycles. The first-order valence-corrected chi connectivity index (χ1v) is 12.0. The molecule has 0 bridgehead atoms. The first-order valence-electron chi connectivity index (χ1n) is 12.0. The minimum absolute atomic E-state index is 0.427. The van der Waals surface area contributed by atoms with Gasteiger partial charge in [-0.05, 0) is 6.42 Å². The van der Waals surface area contributed by atoms with Crippen molar-refractivity contribution in [3.05, 3.63) is 0 Å². The summed E-state index contributed by atoms with van der Waals surface area (Å²) in [6.07, 6.45) is 13.5. The Kier molecular flexibility index (Phi) is 16.1. The second-order valence-corrected chi connectivity index (χ2v) is 8.52. The van der Waals surface area contributed by atoms with Crippen molar-refractivity contribution in [1.82, 2.24) is 0 Å². The molecule has 1 saturated heterocycles. The molecule has 1 fully saturated rings. The average molecular weight is 419 g/mol. The van der Waals surface area contributed by atoms with Crippen LogP contribution in [0.5, 0.6) is 0 Å². The fourth-order valence-corrected chi connectivity index (χ4v) is 3.88. The molecule has 1 rings (SSSR count). The van der Waals surface area contributed by atoms with E-state index in [1.54, 1.807) is 0 Å². The number of aliphatic hydroxyl groups excluding tert-OH is 4. The lowest BCUT2D eigenvalue weighted by Gasteiger charge is -2.39. The van der Waals surface area contributed by atoms with E-state index in [1.165, 1.54) is 83.5 Å². The fourth-order valence-electron chi connectivity index (χ4n) is 3.88. The lowest BCUT2D eigenvalue weighted by atomic mass is 9.99. The molecule has 4 N–H and O–H groups in total. The van der Waals surface area contributed by atoms with Crippen LogP contribution in [-0.2, 0) is 9.47 Å². The highest BCUT2D eigenvalue weighted by Gasteiger charge is 2.43. The van der Waals surface area contributed by atoms with Crippen LogP contribution in [0.2, 0.25) is 0 Å². The van der Waals surface area contributed by atoms with E-state index in [2.05, 4.69) is 6.92 Å². The van der Waals surface area contributed by atoms with E-state index in [0.717, 1.165) is 12.8 Å². The van der Waals surface area contributed by atoms with Gasteiger partial charge in [0.15, 0.2) is 6.29 Å². The monoisotopic (exact) mass is 418 g/mol. The van der Waals surface area contributed by atoms with Gasteiger partial charge in [0.05, 0.1) is 6.61 Å². The van der Waals surface area contributed by atoms with Crippen LogP contribution >= 0.6 is 0 Å². The van der Waals surface area contributed by atoms with Gasteiger partial charge in [-0.3, -0.25) is 0 Å². The maximum Gasteiger partial charge on any atom is 0.186 e. The Morgan fingerprint density at radius 1 is 0.621 bits per heavy atom. The van der Waals surface area contributed by atoms with Crippen molar-refractivity contribution in [2.75, 3.05) is 13.2 Å². The van der Waals surface area contributed by atoms with Crippen molar-refractivity contribution < 1.29 is 29.9 Å². The first kappa shape index (κ1) is 26.8. The van der Waals surface area contributed by atoms with E-state index >= 15 is 0 Å². The molecule has 0 radical (unpaired) electrons. The number of rotatable bonds is 18. The van der Waals surface area contributed by atoms with E-state index in [9.17, 15) is 15.3 Å². The van der Waals surface area contributed by atoms with Crippen molar-refractivity contribution in [2.45, 2.75) is 134 Å². The van der Waals surface area contributed by atoms with Crippen LogP contribution in [0.4, 0.5) is 0 Å². The number of hydrogen-bond donors (Lipinski definition) is 4. The molecule has 174 valence electrons. The van der Waals surface area contributed by atoms with Gasteiger partial charge in [-0.1, -0.05) is 96.8 Å². The lowest BCUT2D eigenvalue weighted by molar-refractivity contribution is -0.301. The highest BCUT2D eigenvalue weighted by Crippen LogP contribution is 2.22. The molecule has 0 saturated carbocycles. The normalized spacial score (nSPS) is 27.4. The fraction of sp³-hybridized carbons (Fsp3) is 1.00. The predicted molar refractivity (Wildman–Crippen MR) is 115 cm³/mol. The standard InChI is InChI=1S/C23H46O6/c1-2-3-4-5-6-7-8-9-10-11-12-13-14-15-16-17-28-23-22(27)21(26)20(25)19(18-24)29-23/h19-27H,2-18H2,1H3/t19-,20+,21+,22-,23+/m1/s1. The van der Waals surface area contributed by atoms with E-state index in [-0.39, 0.29) is 0 Å². The van der Waals surface area contributed by atoms with Crippen LogP contribution in [0.1, 0.15) is 103 Å². The second kappa shape index (κ2) is 17.4. The van der Waals surface area contributed by atoms with Gasteiger partial charge in [-0.25, -0.2) is 0 Å². The van der Waals surface area contributed by atoms with Crippen LogP contribution in [-0.4, -0.2) is 64.3 Å². The highest BCUT2D eigenvalue weighted by molar-refractivity contribution is 4.88. The van der Waals surface area contributed by atoms with E-state index < -0.39 is 37.3 Å². The number of unbranched alkanes of at least 4 members (excludes halogenated alkanes) is 14. The average Bonchev–Trinajstić information content (AvgIpc) is 2.73. The van der Waals surface area contributed by atoms with Gasteiger partial charge in [0.25, 0.3) is 0 Å². The summed E-state index contributed by atoms with van der Waals surface area (Å²) < 4.78 is 10.8. The third-order valence-electron chi connectivity index (χ3n) is 5.88. The minimum atomic E-state index is -1.37. The van der Waals surface area contributed by atoms with Crippen LogP contribution in [0.15, 0.2) is 0 Å². The van der Waals surface area contributed by atoms with E-state index in [1.807, 2.05) is 0 Å². The lowest BCUT2D eigenvalue weighted by Crippen LogP contribution is -2.59. The molecule has 0 unspecified atom stereocenters. The Hall–Kier alpha value is -0.240. The van der Waals surface area contributed by atoms with Crippen molar-refractivity contribution in [3.63, 3.8) is 0 Å². The molecular weight excluding hydrogens is 372 g/mol. The zero-order valence-corrected chi connectivity index (χ0v) is 18.5. The molecule has 0 aromatic rings. The second-order valence-electron chi connectivity index (χ2n) is 8.52. The molecule has 29 heavy (non-hydrogen) atoms. The maximum absolute atomic E-state index is 9.91. The smallest absolute Gasteiger partial charge is 0.186 e.